The van der Waals surface area contributed by atoms with Gasteiger partial charge < -0.3 is 10.1 Å². The molecule has 1 atom stereocenters. The van der Waals surface area contributed by atoms with E-state index in [9.17, 15) is 0 Å². The zero-order chi connectivity index (χ0) is 15.4. The molecule has 0 aliphatic carbocycles. The van der Waals surface area contributed by atoms with E-state index in [4.69, 9.17) is 16.3 Å². The number of hydrogen-bond donors (Lipinski definition) is 1. The van der Waals surface area contributed by atoms with Crippen molar-refractivity contribution in [2.24, 2.45) is 0 Å². The second-order valence-electron chi connectivity index (χ2n) is 5.54. The Hall–Kier alpha value is -1.67. The van der Waals surface area contributed by atoms with E-state index in [0.717, 1.165) is 17.3 Å². The number of nitrogens with one attached hydrogen (secondary N) is 1. The van der Waals surface area contributed by atoms with Crippen LogP contribution in [0.2, 0.25) is 5.02 Å². The van der Waals surface area contributed by atoms with Crippen LogP contribution in [0.5, 0.6) is 5.75 Å². The highest BCUT2D eigenvalue weighted by Crippen LogP contribution is 2.22. The lowest BCUT2D eigenvalue weighted by atomic mass is 10.1. The molecule has 2 rings (SSSR count). The molecule has 0 aromatic heterocycles. The van der Waals surface area contributed by atoms with Gasteiger partial charge in [-0.15, -0.1) is 0 Å². The summed E-state index contributed by atoms with van der Waals surface area (Å²) in [5, 5.41) is 4.21. The molecule has 2 aromatic carbocycles. The average molecular weight is 304 g/mol. The van der Waals surface area contributed by atoms with Gasteiger partial charge in [0.25, 0.3) is 0 Å². The summed E-state index contributed by atoms with van der Waals surface area (Å²) in [4.78, 5) is 0. The van der Waals surface area contributed by atoms with E-state index in [0.29, 0.717) is 0 Å². The summed E-state index contributed by atoms with van der Waals surface area (Å²) >= 11 is 5.87. The molecule has 0 bridgehead atoms. The Morgan fingerprint density at radius 3 is 2.19 bits per heavy atom. The fraction of sp³-hybridized carbons (Fsp3) is 0.333. The van der Waals surface area contributed by atoms with Gasteiger partial charge in [-0.25, -0.2) is 0 Å². The Bertz CT molecular complexity index is 584. The first kappa shape index (κ1) is 15.7. The summed E-state index contributed by atoms with van der Waals surface area (Å²) in [5.41, 5.74) is 5.03. The summed E-state index contributed by atoms with van der Waals surface area (Å²) in [7, 11) is 0. The lowest BCUT2D eigenvalue weighted by Gasteiger charge is -2.19. The summed E-state index contributed by atoms with van der Waals surface area (Å²) in [6.07, 6.45) is 0.0753. The SMILES string of the molecule is Cc1cc(C)c(NCC(C)Oc2ccc(Cl)cc2)c(C)c1. The minimum absolute atomic E-state index is 0.0753. The Balaban J connectivity index is 1.95. The smallest absolute Gasteiger partial charge is 0.119 e. The van der Waals surface area contributed by atoms with Gasteiger partial charge in [0, 0.05) is 10.7 Å². The quantitative estimate of drug-likeness (QED) is 0.825. The maximum absolute atomic E-state index is 5.87. The van der Waals surface area contributed by atoms with Crippen molar-refractivity contribution in [3.8, 4) is 5.75 Å². The molecule has 0 fully saturated rings. The average Bonchev–Trinajstić information content (AvgIpc) is 2.40. The molecule has 0 spiro atoms. The number of benzene rings is 2. The van der Waals surface area contributed by atoms with Crippen molar-refractivity contribution in [2.75, 3.05) is 11.9 Å². The van der Waals surface area contributed by atoms with Gasteiger partial charge in [0.15, 0.2) is 0 Å². The molecule has 0 amide bonds. The van der Waals surface area contributed by atoms with Gasteiger partial charge in [-0.2, -0.15) is 0 Å². The van der Waals surface area contributed by atoms with Crippen molar-refractivity contribution < 1.29 is 4.74 Å². The lowest BCUT2D eigenvalue weighted by Crippen LogP contribution is -2.23. The summed E-state index contributed by atoms with van der Waals surface area (Å²) < 4.78 is 5.87. The van der Waals surface area contributed by atoms with Crippen molar-refractivity contribution in [1.82, 2.24) is 0 Å². The van der Waals surface area contributed by atoms with Gasteiger partial charge in [-0.1, -0.05) is 29.3 Å². The zero-order valence-corrected chi connectivity index (χ0v) is 13.8. The molecular weight excluding hydrogens is 282 g/mol. The van der Waals surface area contributed by atoms with E-state index in [2.05, 4.69) is 45.1 Å². The van der Waals surface area contributed by atoms with E-state index < -0.39 is 0 Å². The minimum Gasteiger partial charge on any atom is -0.489 e. The van der Waals surface area contributed by atoms with Crippen LogP contribution in [0, 0.1) is 20.8 Å². The van der Waals surface area contributed by atoms with Crippen molar-refractivity contribution in [3.63, 3.8) is 0 Å². The third-order valence-corrected chi connectivity index (χ3v) is 3.65. The molecule has 0 aliphatic heterocycles. The fourth-order valence-electron chi connectivity index (χ4n) is 2.49. The Kier molecular flexibility index (Phi) is 5.13. The summed E-state index contributed by atoms with van der Waals surface area (Å²) in [6.45, 7) is 9.20. The topological polar surface area (TPSA) is 21.3 Å². The van der Waals surface area contributed by atoms with Gasteiger partial charge in [0.2, 0.25) is 0 Å². The fourth-order valence-corrected chi connectivity index (χ4v) is 2.62. The van der Waals surface area contributed by atoms with Crippen LogP contribution < -0.4 is 10.1 Å². The van der Waals surface area contributed by atoms with Crippen LogP contribution in [-0.4, -0.2) is 12.6 Å². The number of rotatable bonds is 5. The van der Waals surface area contributed by atoms with E-state index >= 15 is 0 Å². The third kappa shape index (κ3) is 4.40. The number of halogens is 1. The van der Waals surface area contributed by atoms with Crippen LogP contribution in [0.4, 0.5) is 5.69 Å². The highest BCUT2D eigenvalue weighted by molar-refractivity contribution is 6.30. The number of ether oxygens (including phenoxy) is 1. The van der Waals surface area contributed by atoms with Crippen molar-refractivity contribution >= 4 is 17.3 Å². The predicted octanol–water partition coefficient (Wildman–Crippen LogP) is 5.14. The first-order valence-corrected chi connectivity index (χ1v) is 7.57. The zero-order valence-electron chi connectivity index (χ0n) is 13.0. The van der Waals surface area contributed by atoms with E-state index in [-0.39, 0.29) is 6.10 Å². The van der Waals surface area contributed by atoms with Crippen molar-refractivity contribution in [1.29, 1.82) is 0 Å². The Labute approximate surface area is 132 Å². The van der Waals surface area contributed by atoms with Crippen LogP contribution in [0.1, 0.15) is 23.6 Å². The molecule has 21 heavy (non-hydrogen) atoms. The second-order valence-corrected chi connectivity index (χ2v) is 5.97. The maximum Gasteiger partial charge on any atom is 0.119 e. The highest BCUT2D eigenvalue weighted by Gasteiger charge is 2.07. The summed E-state index contributed by atoms with van der Waals surface area (Å²) in [6, 6.07) is 11.8. The van der Waals surface area contributed by atoms with Gasteiger partial charge in [0.05, 0.1) is 6.54 Å². The molecule has 112 valence electrons. The van der Waals surface area contributed by atoms with Crippen LogP contribution >= 0.6 is 11.6 Å². The van der Waals surface area contributed by atoms with Crippen LogP contribution in [0.25, 0.3) is 0 Å². The lowest BCUT2D eigenvalue weighted by molar-refractivity contribution is 0.235. The van der Waals surface area contributed by atoms with Gasteiger partial charge in [0.1, 0.15) is 11.9 Å². The molecule has 3 heteroatoms. The van der Waals surface area contributed by atoms with Crippen LogP contribution in [0.15, 0.2) is 36.4 Å². The Morgan fingerprint density at radius 1 is 1.05 bits per heavy atom. The molecule has 0 aliphatic rings. The van der Waals surface area contributed by atoms with Crippen LogP contribution in [-0.2, 0) is 0 Å². The van der Waals surface area contributed by atoms with E-state index in [1.54, 1.807) is 0 Å². The molecule has 1 unspecified atom stereocenters. The first-order chi connectivity index (χ1) is 9.95. The molecule has 2 aromatic rings. The third-order valence-electron chi connectivity index (χ3n) is 3.39. The van der Waals surface area contributed by atoms with E-state index in [1.165, 1.54) is 22.4 Å². The normalized spacial score (nSPS) is 12.0. The predicted molar refractivity (Wildman–Crippen MR) is 90.7 cm³/mol. The number of aryl methyl sites for hydroxylation is 3. The van der Waals surface area contributed by atoms with Crippen LogP contribution in [0.3, 0.4) is 0 Å². The Morgan fingerprint density at radius 2 is 1.62 bits per heavy atom. The molecule has 0 saturated heterocycles. The molecular formula is C18H22ClNO. The first-order valence-electron chi connectivity index (χ1n) is 7.19. The monoisotopic (exact) mass is 303 g/mol. The molecule has 1 N–H and O–H groups in total. The summed E-state index contributed by atoms with van der Waals surface area (Å²) in [5.74, 6) is 0.839. The maximum atomic E-state index is 5.87. The van der Waals surface area contributed by atoms with Gasteiger partial charge in [-0.3, -0.25) is 0 Å². The van der Waals surface area contributed by atoms with Gasteiger partial charge >= 0.3 is 0 Å². The molecule has 0 saturated carbocycles. The largest absolute Gasteiger partial charge is 0.489 e. The molecule has 2 nitrogen and oxygen atoms in total. The van der Waals surface area contributed by atoms with E-state index in [1.807, 2.05) is 24.3 Å². The standard InChI is InChI=1S/C18H22ClNO/c1-12-9-13(2)18(14(3)10-12)20-11-15(4)21-17-7-5-16(19)6-8-17/h5-10,15,20H,11H2,1-4H3. The minimum atomic E-state index is 0.0753. The van der Waals surface area contributed by atoms with Crippen molar-refractivity contribution in [3.05, 3.63) is 58.1 Å². The van der Waals surface area contributed by atoms with Gasteiger partial charge in [-0.05, 0) is 63.1 Å². The molecule has 0 heterocycles. The second kappa shape index (κ2) is 6.86. The highest BCUT2D eigenvalue weighted by atomic mass is 35.5. The van der Waals surface area contributed by atoms with Crippen molar-refractivity contribution in [2.45, 2.75) is 33.8 Å². The number of anilines is 1. The molecule has 0 radical (unpaired) electrons. The number of hydrogen-bond acceptors (Lipinski definition) is 2.